The van der Waals surface area contributed by atoms with E-state index >= 15 is 0 Å². The van der Waals surface area contributed by atoms with E-state index in [2.05, 4.69) is 78.8 Å². The molecule has 0 fully saturated rings. The molecule has 0 aliphatic carbocycles. The second-order valence-corrected chi connectivity index (χ2v) is 5.76. The van der Waals surface area contributed by atoms with E-state index in [9.17, 15) is 0 Å². The van der Waals surface area contributed by atoms with Crippen LogP contribution in [0.5, 0.6) is 0 Å². The van der Waals surface area contributed by atoms with Crippen LogP contribution in [0, 0.1) is 6.92 Å². The van der Waals surface area contributed by atoms with Crippen LogP contribution in [0.1, 0.15) is 29.2 Å². The summed E-state index contributed by atoms with van der Waals surface area (Å²) in [4.78, 5) is 2.39. The molecule has 0 saturated carbocycles. The highest BCUT2D eigenvalue weighted by Gasteiger charge is 2.10. The topological polar surface area (TPSA) is 15.3 Å². The van der Waals surface area contributed by atoms with Gasteiger partial charge in [0.25, 0.3) is 0 Å². The van der Waals surface area contributed by atoms with Gasteiger partial charge in [-0.2, -0.15) is 0 Å². The number of benzene rings is 2. The highest BCUT2D eigenvalue weighted by atomic mass is 15.1. The van der Waals surface area contributed by atoms with Gasteiger partial charge in [0.2, 0.25) is 0 Å². The van der Waals surface area contributed by atoms with E-state index in [0.717, 1.165) is 19.5 Å². The van der Waals surface area contributed by atoms with Gasteiger partial charge in [0.1, 0.15) is 0 Å². The zero-order chi connectivity index (χ0) is 15.1. The first kappa shape index (κ1) is 15.7. The monoisotopic (exact) mass is 282 g/mol. The van der Waals surface area contributed by atoms with Gasteiger partial charge >= 0.3 is 0 Å². The van der Waals surface area contributed by atoms with Gasteiger partial charge in [-0.05, 0) is 45.1 Å². The number of aryl methyl sites for hydroxylation is 1. The molecule has 2 aromatic carbocycles. The average Bonchev–Trinajstić information content (AvgIpc) is 2.51. The minimum Gasteiger partial charge on any atom is -0.313 e. The first-order valence-electron chi connectivity index (χ1n) is 7.65. The Morgan fingerprint density at radius 2 is 1.67 bits per heavy atom. The quantitative estimate of drug-likeness (QED) is 0.831. The van der Waals surface area contributed by atoms with E-state index < -0.39 is 0 Å². The molecule has 2 aromatic rings. The lowest BCUT2D eigenvalue weighted by atomic mass is 10.0. The minimum atomic E-state index is 0.423. The molecular weight excluding hydrogens is 256 g/mol. The van der Waals surface area contributed by atoms with Crippen LogP contribution in [-0.4, -0.2) is 25.5 Å². The third-order valence-corrected chi connectivity index (χ3v) is 3.92. The summed E-state index contributed by atoms with van der Waals surface area (Å²) in [6, 6.07) is 19.9. The SMILES string of the molecule is CNC(CCN(C)Cc1ccc(C)cc1)c1ccccc1. The molecule has 0 aliphatic heterocycles. The molecule has 0 spiro atoms. The van der Waals surface area contributed by atoms with Crippen LogP contribution in [0.3, 0.4) is 0 Å². The van der Waals surface area contributed by atoms with E-state index in [4.69, 9.17) is 0 Å². The lowest BCUT2D eigenvalue weighted by Gasteiger charge is -2.22. The van der Waals surface area contributed by atoms with E-state index in [-0.39, 0.29) is 0 Å². The maximum Gasteiger partial charge on any atom is 0.0329 e. The summed E-state index contributed by atoms with van der Waals surface area (Å²) in [7, 11) is 4.23. The Kier molecular flexibility index (Phi) is 5.97. The van der Waals surface area contributed by atoms with E-state index in [0.29, 0.717) is 6.04 Å². The zero-order valence-corrected chi connectivity index (χ0v) is 13.3. The van der Waals surface area contributed by atoms with Crippen LogP contribution in [0.15, 0.2) is 54.6 Å². The van der Waals surface area contributed by atoms with Gasteiger partial charge in [0.15, 0.2) is 0 Å². The molecule has 2 rings (SSSR count). The fourth-order valence-electron chi connectivity index (χ4n) is 2.60. The van der Waals surface area contributed by atoms with Gasteiger partial charge in [0.05, 0.1) is 0 Å². The van der Waals surface area contributed by atoms with E-state index in [1.807, 2.05) is 7.05 Å². The predicted molar refractivity (Wildman–Crippen MR) is 90.4 cm³/mol. The van der Waals surface area contributed by atoms with Crippen molar-refractivity contribution < 1.29 is 0 Å². The van der Waals surface area contributed by atoms with Crippen molar-refractivity contribution in [2.75, 3.05) is 20.6 Å². The van der Waals surface area contributed by atoms with Crippen LogP contribution >= 0.6 is 0 Å². The lowest BCUT2D eigenvalue weighted by molar-refractivity contribution is 0.304. The Labute approximate surface area is 128 Å². The predicted octanol–water partition coefficient (Wildman–Crippen LogP) is 3.78. The molecule has 112 valence electrons. The van der Waals surface area contributed by atoms with E-state index in [1.54, 1.807) is 0 Å². The molecule has 0 saturated heterocycles. The van der Waals surface area contributed by atoms with Crippen molar-refractivity contribution in [3.63, 3.8) is 0 Å². The number of hydrogen-bond donors (Lipinski definition) is 1. The van der Waals surface area contributed by atoms with Gasteiger partial charge in [-0.3, -0.25) is 0 Å². The number of nitrogens with zero attached hydrogens (tertiary/aromatic N) is 1. The minimum absolute atomic E-state index is 0.423. The molecule has 0 bridgehead atoms. The van der Waals surface area contributed by atoms with Crippen molar-refractivity contribution in [1.29, 1.82) is 0 Å². The van der Waals surface area contributed by atoms with Crippen LogP contribution in [0.2, 0.25) is 0 Å². The summed E-state index contributed by atoms with van der Waals surface area (Å²) in [5, 5.41) is 3.42. The largest absolute Gasteiger partial charge is 0.313 e. The number of rotatable bonds is 7. The van der Waals surface area contributed by atoms with Crippen molar-refractivity contribution in [2.45, 2.75) is 25.9 Å². The molecule has 1 N–H and O–H groups in total. The van der Waals surface area contributed by atoms with Gasteiger partial charge in [0, 0.05) is 12.6 Å². The van der Waals surface area contributed by atoms with E-state index in [1.165, 1.54) is 16.7 Å². The average molecular weight is 282 g/mol. The fourth-order valence-corrected chi connectivity index (χ4v) is 2.60. The molecule has 1 atom stereocenters. The van der Waals surface area contributed by atoms with Crippen molar-refractivity contribution in [2.24, 2.45) is 0 Å². The molecule has 2 nitrogen and oxygen atoms in total. The van der Waals surface area contributed by atoms with Crippen molar-refractivity contribution >= 4 is 0 Å². The molecule has 0 aliphatic rings. The Bertz CT molecular complexity index is 519. The third-order valence-electron chi connectivity index (χ3n) is 3.92. The third kappa shape index (κ3) is 5.00. The molecule has 0 amide bonds. The summed E-state index contributed by atoms with van der Waals surface area (Å²) in [6.45, 7) is 4.21. The summed E-state index contributed by atoms with van der Waals surface area (Å²) in [5.74, 6) is 0. The van der Waals surface area contributed by atoms with Crippen LogP contribution in [0.4, 0.5) is 0 Å². The summed E-state index contributed by atoms with van der Waals surface area (Å²) in [6.07, 6.45) is 1.11. The van der Waals surface area contributed by atoms with Gasteiger partial charge in [-0.25, -0.2) is 0 Å². The highest BCUT2D eigenvalue weighted by Crippen LogP contribution is 2.16. The van der Waals surface area contributed by atoms with Crippen LogP contribution in [-0.2, 0) is 6.54 Å². The standard InChI is InChI=1S/C19H26N2/c1-16-9-11-17(12-10-16)15-21(3)14-13-19(20-2)18-7-5-4-6-8-18/h4-12,19-20H,13-15H2,1-3H3. The highest BCUT2D eigenvalue weighted by molar-refractivity contribution is 5.21. The van der Waals surface area contributed by atoms with Crippen LogP contribution in [0.25, 0.3) is 0 Å². The Morgan fingerprint density at radius 1 is 1.00 bits per heavy atom. The molecular formula is C19H26N2. The summed E-state index contributed by atoms with van der Waals surface area (Å²) >= 11 is 0. The van der Waals surface area contributed by atoms with Gasteiger partial charge in [-0.15, -0.1) is 0 Å². The summed E-state index contributed by atoms with van der Waals surface area (Å²) < 4.78 is 0. The van der Waals surface area contributed by atoms with Crippen molar-refractivity contribution in [1.82, 2.24) is 10.2 Å². The zero-order valence-electron chi connectivity index (χ0n) is 13.3. The molecule has 1 unspecified atom stereocenters. The fraction of sp³-hybridized carbons (Fsp3) is 0.368. The van der Waals surface area contributed by atoms with Crippen molar-refractivity contribution in [3.05, 3.63) is 71.3 Å². The Balaban J connectivity index is 1.85. The number of nitrogens with one attached hydrogen (secondary N) is 1. The number of hydrogen-bond acceptors (Lipinski definition) is 2. The van der Waals surface area contributed by atoms with Gasteiger partial charge < -0.3 is 10.2 Å². The Morgan fingerprint density at radius 3 is 2.29 bits per heavy atom. The lowest BCUT2D eigenvalue weighted by Crippen LogP contribution is -2.25. The molecule has 0 radical (unpaired) electrons. The normalized spacial score (nSPS) is 12.6. The first-order chi connectivity index (χ1) is 10.2. The first-order valence-corrected chi connectivity index (χ1v) is 7.65. The second-order valence-electron chi connectivity index (χ2n) is 5.76. The maximum atomic E-state index is 3.42. The van der Waals surface area contributed by atoms with Crippen molar-refractivity contribution in [3.8, 4) is 0 Å². The second kappa shape index (κ2) is 7.96. The molecule has 2 heteroatoms. The maximum absolute atomic E-state index is 3.42. The molecule has 21 heavy (non-hydrogen) atoms. The summed E-state index contributed by atoms with van der Waals surface area (Å²) in [5.41, 5.74) is 4.06. The molecule has 0 heterocycles. The Hall–Kier alpha value is -1.64. The molecule has 0 aromatic heterocycles. The van der Waals surface area contributed by atoms with Crippen LogP contribution < -0.4 is 5.32 Å². The smallest absolute Gasteiger partial charge is 0.0329 e. The van der Waals surface area contributed by atoms with Gasteiger partial charge in [-0.1, -0.05) is 60.2 Å².